The lowest BCUT2D eigenvalue weighted by atomic mass is 10.2. The van der Waals surface area contributed by atoms with E-state index in [1.807, 2.05) is 19.1 Å². The second kappa shape index (κ2) is 8.29. The molecule has 7 nitrogen and oxygen atoms in total. The predicted octanol–water partition coefficient (Wildman–Crippen LogP) is 0.931. The molecule has 9 heteroatoms. The first-order chi connectivity index (χ1) is 11.7. The zero-order valence-corrected chi connectivity index (χ0v) is 16.6. The molecule has 0 bridgehead atoms. The minimum atomic E-state index is -2.98. The van der Waals surface area contributed by atoms with E-state index in [-0.39, 0.29) is 42.5 Å². The van der Waals surface area contributed by atoms with Gasteiger partial charge in [0, 0.05) is 16.2 Å². The highest BCUT2D eigenvalue weighted by molar-refractivity contribution is 9.10. The Morgan fingerprint density at radius 1 is 1.32 bits per heavy atom. The average molecular weight is 432 g/mol. The lowest BCUT2D eigenvalue weighted by Crippen LogP contribution is -2.43. The van der Waals surface area contributed by atoms with Gasteiger partial charge in [-0.1, -0.05) is 15.9 Å². The molecule has 1 fully saturated rings. The van der Waals surface area contributed by atoms with Gasteiger partial charge in [-0.2, -0.15) is 0 Å². The molecule has 0 radical (unpaired) electrons. The number of hydrogen-bond acceptors (Lipinski definition) is 5. The zero-order chi connectivity index (χ0) is 18.6. The van der Waals surface area contributed by atoms with Gasteiger partial charge in [0.1, 0.15) is 0 Å². The Kier molecular flexibility index (Phi) is 6.59. The highest BCUT2D eigenvalue weighted by Crippen LogP contribution is 2.19. The van der Waals surface area contributed by atoms with Crippen LogP contribution in [0.25, 0.3) is 0 Å². The lowest BCUT2D eigenvalue weighted by molar-refractivity contribution is -0.125. The van der Waals surface area contributed by atoms with Crippen LogP contribution in [0.15, 0.2) is 22.7 Å². The van der Waals surface area contributed by atoms with Gasteiger partial charge in [0.05, 0.1) is 24.6 Å². The fourth-order valence-corrected chi connectivity index (χ4v) is 4.96. The van der Waals surface area contributed by atoms with E-state index in [2.05, 4.69) is 26.6 Å². The van der Waals surface area contributed by atoms with Crippen LogP contribution >= 0.6 is 15.9 Å². The fourth-order valence-electron chi connectivity index (χ4n) is 2.68. The molecule has 1 aliphatic heterocycles. The van der Waals surface area contributed by atoms with Gasteiger partial charge in [-0.05, 0) is 44.2 Å². The zero-order valence-electron chi connectivity index (χ0n) is 14.2. The molecule has 1 atom stereocenters. The van der Waals surface area contributed by atoms with Gasteiger partial charge in [0.2, 0.25) is 11.8 Å². The van der Waals surface area contributed by atoms with Crippen molar-refractivity contribution >= 4 is 43.3 Å². The molecule has 0 aromatic heterocycles. The summed E-state index contributed by atoms with van der Waals surface area (Å²) in [6, 6.07) is 5.35. The van der Waals surface area contributed by atoms with Crippen LogP contribution < -0.4 is 10.6 Å². The summed E-state index contributed by atoms with van der Waals surface area (Å²) in [5.74, 6) is -0.377. The molecule has 1 heterocycles. The van der Waals surface area contributed by atoms with Crippen molar-refractivity contribution in [3.05, 3.63) is 28.2 Å². The number of anilines is 1. The van der Waals surface area contributed by atoms with Crippen molar-refractivity contribution in [2.75, 3.05) is 37.0 Å². The van der Waals surface area contributed by atoms with E-state index in [0.717, 1.165) is 10.0 Å². The van der Waals surface area contributed by atoms with E-state index in [4.69, 9.17) is 0 Å². The van der Waals surface area contributed by atoms with E-state index >= 15 is 0 Å². The first kappa shape index (κ1) is 19.9. The summed E-state index contributed by atoms with van der Waals surface area (Å²) in [7, 11) is -1.27. The Bertz CT molecular complexity index is 767. The molecule has 0 aliphatic carbocycles. The number of nitrogens with one attached hydrogen (secondary N) is 2. The highest BCUT2D eigenvalue weighted by atomic mass is 79.9. The van der Waals surface area contributed by atoms with Crippen LogP contribution in [-0.4, -0.2) is 62.8 Å². The lowest BCUT2D eigenvalue weighted by Gasteiger charge is -2.22. The van der Waals surface area contributed by atoms with Crippen molar-refractivity contribution in [1.82, 2.24) is 10.2 Å². The maximum absolute atomic E-state index is 12.0. The molecule has 1 aromatic rings. The quantitative estimate of drug-likeness (QED) is 0.698. The Morgan fingerprint density at radius 2 is 2.04 bits per heavy atom. The topological polar surface area (TPSA) is 95.6 Å². The van der Waals surface area contributed by atoms with Crippen LogP contribution in [0.4, 0.5) is 5.69 Å². The number of likely N-dealkylation sites (N-methyl/N-ethyl adjacent to an activating group) is 1. The number of rotatable bonds is 6. The summed E-state index contributed by atoms with van der Waals surface area (Å²) in [5, 5.41) is 5.30. The van der Waals surface area contributed by atoms with Gasteiger partial charge < -0.3 is 10.6 Å². The smallest absolute Gasteiger partial charge is 0.243 e. The van der Waals surface area contributed by atoms with Crippen molar-refractivity contribution in [2.45, 2.75) is 19.4 Å². The Hall–Kier alpha value is -1.45. The first-order valence-electron chi connectivity index (χ1n) is 7.89. The molecule has 1 aliphatic rings. The molecule has 138 valence electrons. The summed E-state index contributed by atoms with van der Waals surface area (Å²) in [5.41, 5.74) is 1.60. The number of hydrogen-bond donors (Lipinski definition) is 2. The molecule has 25 heavy (non-hydrogen) atoms. The van der Waals surface area contributed by atoms with Crippen molar-refractivity contribution in [3.8, 4) is 0 Å². The van der Waals surface area contributed by atoms with E-state index in [1.165, 1.54) is 0 Å². The molecule has 0 saturated carbocycles. The van der Waals surface area contributed by atoms with Crippen molar-refractivity contribution in [2.24, 2.45) is 0 Å². The summed E-state index contributed by atoms with van der Waals surface area (Å²) in [4.78, 5) is 25.6. The summed E-state index contributed by atoms with van der Waals surface area (Å²) in [6.45, 7) is 1.81. The molecule has 2 amide bonds. The molecule has 2 N–H and O–H groups in total. The third kappa shape index (κ3) is 6.09. The van der Waals surface area contributed by atoms with E-state index in [0.29, 0.717) is 12.1 Å². The Balaban J connectivity index is 1.76. The molecule has 0 unspecified atom stereocenters. The number of halogens is 1. The van der Waals surface area contributed by atoms with E-state index in [1.54, 1.807) is 18.0 Å². The maximum atomic E-state index is 12.0. The Labute approximate surface area is 156 Å². The number of amides is 2. The fraction of sp³-hybridized carbons (Fsp3) is 0.500. The Morgan fingerprint density at radius 3 is 2.64 bits per heavy atom. The number of nitrogens with zero attached hydrogens (tertiary/aromatic N) is 1. The second-order valence-electron chi connectivity index (χ2n) is 6.26. The van der Waals surface area contributed by atoms with Gasteiger partial charge in [-0.3, -0.25) is 14.5 Å². The number of benzene rings is 1. The summed E-state index contributed by atoms with van der Waals surface area (Å²) < 4.78 is 23.9. The largest absolute Gasteiger partial charge is 0.346 e. The van der Waals surface area contributed by atoms with Crippen molar-refractivity contribution in [3.63, 3.8) is 0 Å². The van der Waals surface area contributed by atoms with Crippen LogP contribution in [0, 0.1) is 6.92 Å². The van der Waals surface area contributed by atoms with Gasteiger partial charge in [-0.15, -0.1) is 0 Å². The van der Waals surface area contributed by atoms with Gasteiger partial charge in [0.15, 0.2) is 9.84 Å². The SMILES string of the molecule is Cc1cc(Br)ccc1NC(=O)CNC(=O)CN(C)[C@@H]1CCS(=O)(=O)C1. The standard InChI is InChI=1S/C16H22BrN3O4S/c1-11-7-12(17)3-4-14(11)19-15(21)8-18-16(22)9-20(2)13-5-6-25(23,24)10-13/h3-4,7,13H,5-6,8-10H2,1-2H3,(H,18,22)(H,19,21)/t13-/m1/s1. The predicted molar refractivity (Wildman–Crippen MR) is 100 cm³/mol. The minimum absolute atomic E-state index is 0.0603. The van der Waals surface area contributed by atoms with Crippen molar-refractivity contribution < 1.29 is 18.0 Å². The van der Waals surface area contributed by atoms with E-state index in [9.17, 15) is 18.0 Å². The van der Waals surface area contributed by atoms with Crippen LogP contribution in [-0.2, 0) is 19.4 Å². The van der Waals surface area contributed by atoms with Crippen LogP contribution in [0.5, 0.6) is 0 Å². The van der Waals surface area contributed by atoms with Gasteiger partial charge in [0.25, 0.3) is 0 Å². The van der Waals surface area contributed by atoms with Crippen LogP contribution in [0.1, 0.15) is 12.0 Å². The second-order valence-corrected chi connectivity index (χ2v) is 9.40. The molecule has 1 aromatic carbocycles. The van der Waals surface area contributed by atoms with Crippen LogP contribution in [0.3, 0.4) is 0 Å². The highest BCUT2D eigenvalue weighted by Gasteiger charge is 2.31. The summed E-state index contributed by atoms with van der Waals surface area (Å²) in [6.07, 6.45) is 0.537. The van der Waals surface area contributed by atoms with Crippen molar-refractivity contribution in [1.29, 1.82) is 0 Å². The number of carbonyl (C=O) groups excluding carboxylic acids is 2. The van der Waals surface area contributed by atoms with Gasteiger partial charge >= 0.3 is 0 Å². The molecular weight excluding hydrogens is 410 g/mol. The number of carbonyl (C=O) groups is 2. The number of sulfone groups is 1. The average Bonchev–Trinajstić information content (AvgIpc) is 2.88. The third-order valence-corrected chi connectivity index (χ3v) is 6.38. The molecule has 2 rings (SSSR count). The maximum Gasteiger partial charge on any atom is 0.243 e. The molecule has 0 spiro atoms. The third-order valence-electron chi connectivity index (χ3n) is 4.13. The van der Waals surface area contributed by atoms with Crippen LogP contribution in [0.2, 0.25) is 0 Å². The monoisotopic (exact) mass is 431 g/mol. The van der Waals surface area contributed by atoms with E-state index < -0.39 is 9.84 Å². The normalized spacial score (nSPS) is 19.0. The van der Waals surface area contributed by atoms with Gasteiger partial charge in [-0.25, -0.2) is 8.42 Å². The summed E-state index contributed by atoms with van der Waals surface area (Å²) >= 11 is 3.36. The molecule has 1 saturated heterocycles. The molecular formula is C16H22BrN3O4S. The minimum Gasteiger partial charge on any atom is -0.346 e. The number of aryl methyl sites for hydroxylation is 1. The first-order valence-corrected chi connectivity index (χ1v) is 10.5.